The van der Waals surface area contributed by atoms with Crippen LogP contribution in [-0.2, 0) is 23.8 Å². The lowest BCUT2D eigenvalue weighted by Crippen LogP contribution is -2.40. The van der Waals surface area contributed by atoms with E-state index in [4.69, 9.17) is 14.2 Å². The number of hydrogen-bond acceptors (Lipinski definition) is 8. The Bertz CT molecular complexity index is 932. The third kappa shape index (κ3) is 4.17. The molecular formula is C23H29N3O6. The van der Waals surface area contributed by atoms with E-state index >= 15 is 0 Å². The SMILES string of the molecule is COC(=O)C1=C(C(=O)OC)N(c2cc(C(=O)N3CCCC3)ccc2N2CCCC2)COC1. The van der Waals surface area contributed by atoms with Gasteiger partial charge in [0.25, 0.3) is 5.91 Å². The summed E-state index contributed by atoms with van der Waals surface area (Å²) in [5.41, 5.74) is 2.24. The molecule has 0 unspecified atom stereocenters. The van der Waals surface area contributed by atoms with Crippen molar-refractivity contribution in [3.8, 4) is 0 Å². The van der Waals surface area contributed by atoms with Crippen LogP contribution in [0.3, 0.4) is 0 Å². The van der Waals surface area contributed by atoms with E-state index in [0.717, 1.165) is 57.5 Å². The molecule has 1 aromatic carbocycles. The van der Waals surface area contributed by atoms with Gasteiger partial charge in [-0.2, -0.15) is 0 Å². The van der Waals surface area contributed by atoms with E-state index < -0.39 is 11.9 Å². The third-order valence-electron chi connectivity index (χ3n) is 6.19. The maximum Gasteiger partial charge on any atom is 0.355 e. The second-order valence-electron chi connectivity index (χ2n) is 8.11. The van der Waals surface area contributed by atoms with Crippen molar-refractivity contribution in [3.63, 3.8) is 0 Å². The highest BCUT2D eigenvalue weighted by Gasteiger charge is 2.35. The molecule has 0 N–H and O–H groups in total. The first kappa shape index (κ1) is 22.1. The van der Waals surface area contributed by atoms with E-state index in [9.17, 15) is 14.4 Å². The molecule has 3 aliphatic heterocycles. The van der Waals surface area contributed by atoms with E-state index in [1.165, 1.54) is 14.2 Å². The molecule has 0 aromatic heterocycles. The van der Waals surface area contributed by atoms with Gasteiger partial charge in [0.15, 0.2) is 0 Å². The summed E-state index contributed by atoms with van der Waals surface area (Å²) in [7, 11) is 2.53. The van der Waals surface area contributed by atoms with Crippen LogP contribution in [0.1, 0.15) is 36.0 Å². The van der Waals surface area contributed by atoms with E-state index in [1.54, 1.807) is 11.0 Å². The van der Waals surface area contributed by atoms with E-state index in [2.05, 4.69) is 4.90 Å². The molecule has 2 fully saturated rings. The maximum absolute atomic E-state index is 13.1. The molecule has 2 saturated heterocycles. The number of anilines is 2. The van der Waals surface area contributed by atoms with Gasteiger partial charge in [-0.3, -0.25) is 4.79 Å². The molecule has 1 aromatic rings. The van der Waals surface area contributed by atoms with Crippen LogP contribution < -0.4 is 9.80 Å². The van der Waals surface area contributed by atoms with Crippen LogP contribution in [0.15, 0.2) is 29.5 Å². The average molecular weight is 444 g/mol. The molecule has 9 heteroatoms. The Morgan fingerprint density at radius 1 is 0.875 bits per heavy atom. The summed E-state index contributed by atoms with van der Waals surface area (Å²) in [5, 5.41) is 0. The number of esters is 2. The Morgan fingerprint density at radius 2 is 1.53 bits per heavy atom. The second-order valence-corrected chi connectivity index (χ2v) is 8.11. The largest absolute Gasteiger partial charge is 0.466 e. The van der Waals surface area contributed by atoms with Crippen LogP contribution in [0.4, 0.5) is 11.4 Å². The zero-order valence-corrected chi connectivity index (χ0v) is 18.6. The molecule has 9 nitrogen and oxygen atoms in total. The average Bonchev–Trinajstić information content (AvgIpc) is 3.56. The zero-order valence-electron chi connectivity index (χ0n) is 18.6. The number of ether oxygens (including phenoxy) is 3. The van der Waals surface area contributed by atoms with E-state index in [1.807, 2.05) is 17.0 Å². The lowest BCUT2D eigenvalue weighted by molar-refractivity contribution is -0.140. The smallest absolute Gasteiger partial charge is 0.355 e. The van der Waals surface area contributed by atoms with Crippen LogP contribution in [-0.4, -0.2) is 76.5 Å². The fourth-order valence-corrected chi connectivity index (χ4v) is 4.53. The van der Waals surface area contributed by atoms with Gasteiger partial charge >= 0.3 is 11.9 Å². The first-order valence-corrected chi connectivity index (χ1v) is 11.0. The summed E-state index contributed by atoms with van der Waals surface area (Å²) in [5.74, 6) is -1.34. The predicted molar refractivity (Wildman–Crippen MR) is 117 cm³/mol. The number of amides is 1. The number of benzene rings is 1. The number of rotatable bonds is 5. The Labute approximate surface area is 187 Å². The summed E-state index contributed by atoms with van der Waals surface area (Å²) < 4.78 is 15.5. The van der Waals surface area contributed by atoms with Crippen LogP contribution in [0, 0.1) is 0 Å². The monoisotopic (exact) mass is 443 g/mol. The minimum Gasteiger partial charge on any atom is -0.466 e. The number of hydrogen-bond donors (Lipinski definition) is 0. The molecule has 0 atom stereocenters. The maximum atomic E-state index is 13.1. The lowest BCUT2D eigenvalue weighted by Gasteiger charge is -2.34. The van der Waals surface area contributed by atoms with Crippen molar-refractivity contribution in [2.75, 3.05) is 63.5 Å². The first-order chi connectivity index (χ1) is 15.5. The van der Waals surface area contributed by atoms with Crippen molar-refractivity contribution in [2.45, 2.75) is 25.7 Å². The molecule has 0 saturated carbocycles. The Kier molecular flexibility index (Phi) is 6.64. The van der Waals surface area contributed by atoms with Gasteiger partial charge in [0, 0.05) is 31.7 Å². The molecule has 0 aliphatic carbocycles. The molecule has 4 rings (SSSR count). The summed E-state index contributed by atoms with van der Waals surface area (Å²) in [6.45, 7) is 3.24. The van der Waals surface area contributed by atoms with Gasteiger partial charge in [-0.25, -0.2) is 9.59 Å². The van der Waals surface area contributed by atoms with E-state index in [-0.39, 0.29) is 30.5 Å². The normalized spacial score (nSPS) is 18.9. The van der Waals surface area contributed by atoms with E-state index in [0.29, 0.717) is 11.3 Å². The van der Waals surface area contributed by atoms with Gasteiger partial charge in [0.2, 0.25) is 0 Å². The Hall–Kier alpha value is -3.07. The molecule has 0 radical (unpaired) electrons. The van der Waals surface area contributed by atoms with Gasteiger partial charge in [-0.15, -0.1) is 0 Å². The summed E-state index contributed by atoms with van der Waals surface area (Å²) in [6.07, 6.45) is 4.14. The van der Waals surface area contributed by atoms with Crippen molar-refractivity contribution in [1.82, 2.24) is 4.90 Å². The number of likely N-dealkylation sites (tertiary alicyclic amines) is 1. The van der Waals surface area contributed by atoms with Gasteiger partial charge in [0.1, 0.15) is 12.4 Å². The van der Waals surface area contributed by atoms with Crippen LogP contribution >= 0.6 is 0 Å². The minimum absolute atomic E-state index is 0.0357. The van der Waals surface area contributed by atoms with Crippen molar-refractivity contribution in [1.29, 1.82) is 0 Å². The first-order valence-electron chi connectivity index (χ1n) is 11.0. The van der Waals surface area contributed by atoms with Crippen LogP contribution in [0.25, 0.3) is 0 Å². The van der Waals surface area contributed by atoms with Crippen molar-refractivity contribution in [3.05, 3.63) is 35.0 Å². The molecule has 172 valence electrons. The fourth-order valence-electron chi connectivity index (χ4n) is 4.53. The van der Waals surface area contributed by atoms with Gasteiger partial charge < -0.3 is 28.9 Å². The molecular weight excluding hydrogens is 414 g/mol. The molecule has 32 heavy (non-hydrogen) atoms. The number of nitrogens with zero attached hydrogens (tertiary/aromatic N) is 3. The number of carbonyl (C=O) groups is 3. The van der Waals surface area contributed by atoms with Gasteiger partial charge in [0.05, 0.1) is 37.8 Å². The Balaban J connectivity index is 1.82. The van der Waals surface area contributed by atoms with Crippen molar-refractivity contribution < 1.29 is 28.6 Å². The highest BCUT2D eigenvalue weighted by molar-refractivity contribution is 6.05. The molecule has 3 heterocycles. The zero-order chi connectivity index (χ0) is 22.7. The standard InChI is InChI=1S/C23H29N3O6/c1-30-22(28)17-14-32-15-26(20(17)23(29)31-2)19-13-16(21(27)25-11-5-6-12-25)7-8-18(19)24-9-3-4-10-24/h7-8,13H,3-6,9-12,14-15H2,1-2H3. The van der Waals surface area contributed by atoms with Crippen LogP contribution in [0.5, 0.6) is 0 Å². The highest BCUT2D eigenvalue weighted by Crippen LogP contribution is 2.37. The number of methoxy groups -OCH3 is 2. The Morgan fingerprint density at radius 3 is 2.19 bits per heavy atom. The lowest BCUT2D eigenvalue weighted by atomic mass is 10.1. The molecule has 0 spiro atoms. The van der Waals surface area contributed by atoms with Gasteiger partial charge in [-0.1, -0.05) is 0 Å². The highest BCUT2D eigenvalue weighted by atomic mass is 16.5. The quantitative estimate of drug-likeness (QED) is 0.638. The fraction of sp³-hybridized carbons (Fsp3) is 0.522. The number of carbonyl (C=O) groups excluding carboxylic acids is 3. The minimum atomic E-state index is -0.655. The van der Waals surface area contributed by atoms with Crippen molar-refractivity contribution >= 4 is 29.2 Å². The van der Waals surface area contributed by atoms with Gasteiger partial charge in [-0.05, 0) is 43.9 Å². The predicted octanol–water partition coefficient (Wildman–Crippen LogP) is 1.92. The van der Waals surface area contributed by atoms with Crippen molar-refractivity contribution in [2.24, 2.45) is 0 Å². The summed E-state index contributed by atoms with van der Waals surface area (Å²) in [6, 6.07) is 5.55. The molecule has 3 aliphatic rings. The molecule has 0 bridgehead atoms. The third-order valence-corrected chi connectivity index (χ3v) is 6.19. The second kappa shape index (κ2) is 9.60. The summed E-state index contributed by atoms with van der Waals surface area (Å²) >= 11 is 0. The van der Waals surface area contributed by atoms with Crippen LogP contribution in [0.2, 0.25) is 0 Å². The summed E-state index contributed by atoms with van der Waals surface area (Å²) in [4.78, 5) is 43.9. The topological polar surface area (TPSA) is 88.6 Å². The molecule has 1 amide bonds.